The Labute approximate surface area is 99.7 Å². The van der Waals surface area contributed by atoms with Crippen LogP contribution in [-0.4, -0.2) is 2.78 Å². The highest BCUT2D eigenvalue weighted by molar-refractivity contribution is 14.1. The number of hydrogen-bond acceptors (Lipinski definition) is 0. The molecule has 0 saturated heterocycles. The second kappa shape index (κ2) is 3.28. The molecule has 0 N–H and O–H groups in total. The van der Waals surface area contributed by atoms with Crippen molar-refractivity contribution >= 4 is 49.7 Å². The number of benzene rings is 1. The van der Waals surface area contributed by atoms with Gasteiger partial charge in [0.05, 0.1) is 28.4 Å². The molecule has 0 aliphatic heterocycles. The average molecular weight is 350 g/mol. The molecule has 1 heterocycles. The first-order chi connectivity index (χ1) is 6.11. The van der Waals surface area contributed by atoms with Crippen molar-refractivity contribution < 1.29 is 0 Å². The van der Waals surface area contributed by atoms with Gasteiger partial charge in [0, 0.05) is 16.1 Å². The Kier molecular flexibility index (Phi) is 2.40. The largest absolute Gasteiger partial charge is 0.288 e. The molecule has 0 aliphatic carbocycles. The van der Waals surface area contributed by atoms with E-state index in [1.807, 2.05) is 0 Å². The summed E-state index contributed by atoms with van der Waals surface area (Å²) in [6.07, 6.45) is 2.09. The maximum absolute atomic E-state index is 3.59. The molecule has 1 aromatic heterocycles. The van der Waals surface area contributed by atoms with E-state index in [-0.39, 0.29) is 0 Å². The van der Waals surface area contributed by atoms with Gasteiger partial charge in [-0.05, 0) is 53.0 Å². The number of aryl methyl sites for hydroxylation is 2. The quantitative estimate of drug-likeness (QED) is 0.627. The molecular formula is C10H9BrIN. The summed E-state index contributed by atoms with van der Waals surface area (Å²) >= 11 is 5.88. The summed E-state index contributed by atoms with van der Waals surface area (Å²) in [5, 5.41) is 1.33. The number of fused-ring (bicyclic) bond motifs is 1. The first-order valence-corrected chi connectivity index (χ1v) is 5.80. The number of rotatable bonds is 0. The lowest BCUT2D eigenvalue weighted by Crippen LogP contribution is -1.85. The van der Waals surface area contributed by atoms with E-state index in [1.165, 1.54) is 26.5 Å². The van der Waals surface area contributed by atoms with Gasteiger partial charge in [0.2, 0.25) is 0 Å². The summed E-state index contributed by atoms with van der Waals surface area (Å²) in [6, 6.07) is 4.34. The summed E-state index contributed by atoms with van der Waals surface area (Å²) < 4.78 is 3.29. The monoisotopic (exact) mass is 349 g/mol. The fourth-order valence-electron chi connectivity index (χ4n) is 1.52. The van der Waals surface area contributed by atoms with Gasteiger partial charge in [0.25, 0.3) is 0 Å². The van der Waals surface area contributed by atoms with Crippen molar-refractivity contribution in [2.24, 2.45) is 0 Å². The van der Waals surface area contributed by atoms with Crippen molar-refractivity contribution in [2.45, 2.75) is 13.8 Å². The van der Waals surface area contributed by atoms with Crippen molar-refractivity contribution in [3.8, 4) is 0 Å². The van der Waals surface area contributed by atoms with Crippen LogP contribution >= 0.6 is 38.8 Å². The van der Waals surface area contributed by atoms with E-state index in [4.69, 9.17) is 0 Å². The third-order valence-electron chi connectivity index (χ3n) is 2.41. The molecular weight excluding hydrogens is 341 g/mol. The van der Waals surface area contributed by atoms with Gasteiger partial charge in [-0.2, -0.15) is 0 Å². The van der Waals surface area contributed by atoms with Gasteiger partial charge < -0.3 is 0 Å². The molecule has 1 nitrogen and oxygen atoms in total. The number of nitrogens with zero attached hydrogens (tertiary/aromatic N) is 1. The first kappa shape index (κ1) is 9.52. The zero-order valence-corrected chi connectivity index (χ0v) is 11.2. The van der Waals surface area contributed by atoms with E-state index in [0.29, 0.717) is 0 Å². The molecule has 0 spiro atoms. The van der Waals surface area contributed by atoms with Crippen molar-refractivity contribution in [2.75, 3.05) is 0 Å². The van der Waals surface area contributed by atoms with Crippen LogP contribution in [0.2, 0.25) is 0 Å². The Morgan fingerprint density at radius 1 is 1.38 bits per heavy atom. The van der Waals surface area contributed by atoms with Crippen LogP contribution in [0.3, 0.4) is 0 Å². The van der Waals surface area contributed by atoms with E-state index >= 15 is 0 Å². The topological polar surface area (TPSA) is 4.93 Å². The second-order valence-electron chi connectivity index (χ2n) is 3.19. The van der Waals surface area contributed by atoms with Crippen molar-refractivity contribution in [1.29, 1.82) is 0 Å². The fourth-order valence-corrected chi connectivity index (χ4v) is 3.28. The number of hydrogen-bond donors (Lipinski definition) is 0. The van der Waals surface area contributed by atoms with Gasteiger partial charge in [0.15, 0.2) is 0 Å². The van der Waals surface area contributed by atoms with E-state index in [2.05, 4.69) is 73.8 Å². The van der Waals surface area contributed by atoms with Crippen molar-refractivity contribution in [1.82, 2.24) is 2.78 Å². The summed E-state index contributed by atoms with van der Waals surface area (Å²) in [4.78, 5) is 0. The average Bonchev–Trinajstić information content (AvgIpc) is 2.44. The Bertz CT molecular complexity index is 473. The molecule has 0 saturated carbocycles. The zero-order chi connectivity index (χ0) is 9.59. The Morgan fingerprint density at radius 3 is 2.77 bits per heavy atom. The highest BCUT2D eigenvalue weighted by Crippen LogP contribution is 2.31. The van der Waals surface area contributed by atoms with Crippen LogP contribution in [0.25, 0.3) is 10.9 Å². The van der Waals surface area contributed by atoms with Gasteiger partial charge in [-0.3, -0.25) is 2.78 Å². The Hall–Kier alpha value is -0.0300. The lowest BCUT2D eigenvalue weighted by atomic mass is 10.1. The van der Waals surface area contributed by atoms with Crippen LogP contribution in [0, 0.1) is 13.8 Å². The fraction of sp³-hybridized carbons (Fsp3) is 0.200. The predicted molar refractivity (Wildman–Crippen MR) is 68.5 cm³/mol. The number of aromatic nitrogens is 1. The molecule has 1 aromatic carbocycles. The maximum atomic E-state index is 3.59. The van der Waals surface area contributed by atoms with E-state index in [9.17, 15) is 0 Å². The van der Waals surface area contributed by atoms with Crippen LogP contribution in [-0.2, 0) is 0 Å². The minimum Gasteiger partial charge on any atom is -0.288 e. The minimum atomic E-state index is 1.17. The molecule has 13 heavy (non-hydrogen) atoms. The Morgan fingerprint density at radius 2 is 2.08 bits per heavy atom. The van der Waals surface area contributed by atoms with Crippen LogP contribution in [0.1, 0.15) is 11.1 Å². The number of halogens is 2. The summed E-state index contributed by atoms with van der Waals surface area (Å²) in [7, 11) is 0. The molecule has 0 unspecified atom stereocenters. The van der Waals surface area contributed by atoms with Crippen molar-refractivity contribution in [3.05, 3.63) is 33.9 Å². The van der Waals surface area contributed by atoms with Gasteiger partial charge in [-0.25, -0.2) is 0 Å². The SMILES string of the molecule is Cc1cc(Br)c2c(ccn2I)c1C. The molecule has 0 fully saturated rings. The third-order valence-corrected chi connectivity index (χ3v) is 3.81. The predicted octanol–water partition coefficient (Wildman–Crippen LogP) is 4.22. The molecule has 0 radical (unpaired) electrons. The standard InChI is InChI=1S/C10H9BrIN/c1-6-5-9(11)10-8(7(6)2)3-4-13(10)12/h3-5H,1-2H3. The second-order valence-corrected chi connectivity index (χ2v) is 5.08. The molecule has 0 amide bonds. The van der Waals surface area contributed by atoms with Crippen molar-refractivity contribution in [3.63, 3.8) is 0 Å². The summed E-state index contributed by atoms with van der Waals surface area (Å²) in [5.74, 6) is 0. The highest BCUT2D eigenvalue weighted by atomic mass is 127. The third kappa shape index (κ3) is 1.42. The van der Waals surface area contributed by atoms with Gasteiger partial charge in [-0.1, -0.05) is 0 Å². The van der Waals surface area contributed by atoms with Crippen LogP contribution in [0.15, 0.2) is 22.8 Å². The van der Waals surface area contributed by atoms with Gasteiger partial charge in [0.1, 0.15) is 0 Å². The first-order valence-electron chi connectivity index (χ1n) is 4.04. The van der Waals surface area contributed by atoms with Crippen LogP contribution in [0.5, 0.6) is 0 Å². The molecule has 2 rings (SSSR count). The lowest BCUT2D eigenvalue weighted by molar-refractivity contribution is 1.35. The van der Waals surface area contributed by atoms with E-state index in [0.717, 1.165) is 0 Å². The van der Waals surface area contributed by atoms with Crippen LogP contribution < -0.4 is 0 Å². The summed E-state index contributed by atoms with van der Waals surface area (Å²) in [5.41, 5.74) is 3.97. The molecule has 68 valence electrons. The van der Waals surface area contributed by atoms with Crippen LogP contribution in [0.4, 0.5) is 0 Å². The lowest BCUT2D eigenvalue weighted by Gasteiger charge is -2.04. The maximum Gasteiger partial charge on any atom is 0.0721 e. The zero-order valence-electron chi connectivity index (χ0n) is 7.44. The van der Waals surface area contributed by atoms with Gasteiger partial charge in [-0.15, -0.1) is 0 Å². The van der Waals surface area contributed by atoms with Gasteiger partial charge >= 0.3 is 0 Å². The smallest absolute Gasteiger partial charge is 0.0721 e. The molecule has 0 bridgehead atoms. The molecule has 0 aliphatic rings. The summed E-state index contributed by atoms with van der Waals surface area (Å²) in [6.45, 7) is 4.31. The van der Waals surface area contributed by atoms with E-state index < -0.39 is 0 Å². The normalized spacial score (nSPS) is 11.1. The molecule has 0 atom stereocenters. The Balaban J connectivity index is 2.99. The highest BCUT2D eigenvalue weighted by Gasteiger charge is 2.07. The minimum absolute atomic E-state index is 1.17. The van der Waals surface area contributed by atoms with E-state index in [1.54, 1.807) is 0 Å². The molecule has 3 heteroatoms. The molecule has 2 aromatic rings.